The molecular weight excluding hydrogens is 342 g/mol. The molecular formula is C15H15BrClNO2. The second-order valence-corrected chi connectivity index (χ2v) is 5.33. The average Bonchev–Trinajstić information content (AvgIpc) is 2.48. The van der Waals surface area contributed by atoms with Crippen LogP contribution in [0.25, 0.3) is 0 Å². The van der Waals surface area contributed by atoms with E-state index >= 15 is 0 Å². The van der Waals surface area contributed by atoms with Crippen molar-refractivity contribution >= 4 is 33.2 Å². The van der Waals surface area contributed by atoms with Gasteiger partial charge in [-0.15, -0.1) is 0 Å². The summed E-state index contributed by atoms with van der Waals surface area (Å²) in [6.07, 6.45) is 0. The molecule has 0 heterocycles. The Morgan fingerprint density at radius 3 is 2.65 bits per heavy atom. The second kappa shape index (κ2) is 6.86. The molecule has 0 spiro atoms. The molecule has 1 N–H and O–H groups in total. The van der Waals surface area contributed by atoms with Gasteiger partial charge in [-0.1, -0.05) is 17.7 Å². The Morgan fingerprint density at radius 2 is 1.95 bits per heavy atom. The van der Waals surface area contributed by atoms with Crippen molar-refractivity contribution in [2.24, 2.45) is 0 Å². The first-order valence-corrected chi connectivity index (χ1v) is 7.21. The van der Waals surface area contributed by atoms with Gasteiger partial charge in [-0.2, -0.15) is 0 Å². The van der Waals surface area contributed by atoms with Crippen LogP contribution in [0.4, 0.5) is 5.69 Å². The smallest absolute Gasteiger partial charge is 0.124 e. The molecule has 2 aromatic rings. The molecule has 0 atom stereocenters. The SMILES string of the molecule is COc1ccc(OC)c(CNc2cccc(Cl)c2Br)c1. The third-order valence-electron chi connectivity index (χ3n) is 2.91. The van der Waals surface area contributed by atoms with Gasteiger partial charge in [-0.05, 0) is 46.3 Å². The molecule has 0 aliphatic rings. The van der Waals surface area contributed by atoms with Crippen molar-refractivity contribution in [2.75, 3.05) is 19.5 Å². The Balaban J connectivity index is 2.19. The van der Waals surface area contributed by atoms with Crippen molar-refractivity contribution in [2.45, 2.75) is 6.54 Å². The fourth-order valence-corrected chi connectivity index (χ4v) is 2.43. The van der Waals surface area contributed by atoms with Crippen molar-refractivity contribution < 1.29 is 9.47 Å². The van der Waals surface area contributed by atoms with Gasteiger partial charge in [0.1, 0.15) is 11.5 Å². The summed E-state index contributed by atoms with van der Waals surface area (Å²) in [7, 11) is 3.30. The van der Waals surface area contributed by atoms with Gasteiger partial charge in [0.05, 0.1) is 29.4 Å². The quantitative estimate of drug-likeness (QED) is 0.840. The number of ether oxygens (including phenoxy) is 2. The first-order valence-electron chi connectivity index (χ1n) is 6.04. The summed E-state index contributed by atoms with van der Waals surface area (Å²) < 4.78 is 11.4. The molecule has 0 saturated carbocycles. The molecule has 20 heavy (non-hydrogen) atoms. The summed E-state index contributed by atoms with van der Waals surface area (Å²) in [5, 5.41) is 4.00. The molecule has 3 nitrogen and oxygen atoms in total. The zero-order valence-electron chi connectivity index (χ0n) is 11.2. The molecule has 0 aliphatic heterocycles. The number of nitrogens with one attached hydrogen (secondary N) is 1. The van der Waals surface area contributed by atoms with Gasteiger partial charge in [0.25, 0.3) is 0 Å². The molecule has 0 fully saturated rings. The normalized spacial score (nSPS) is 10.2. The summed E-state index contributed by atoms with van der Waals surface area (Å²) in [5.74, 6) is 1.62. The summed E-state index contributed by atoms with van der Waals surface area (Å²) in [6, 6.07) is 11.4. The first-order chi connectivity index (χ1) is 9.65. The van der Waals surface area contributed by atoms with E-state index in [2.05, 4.69) is 21.2 Å². The first kappa shape index (κ1) is 15.0. The van der Waals surface area contributed by atoms with E-state index in [1.165, 1.54) is 0 Å². The van der Waals surface area contributed by atoms with Crippen LogP contribution < -0.4 is 14.8 Å². The molecule has 2 aromatic carbocycles. The lowest BCUT2D eigenvalue weighted by atomic mass is 10.2. The number of rotatable bonds is 5. The van der Waals surface area contributed by atoms with E-state index in [9.17, 15) is 0 Å². The molecule has 0 amide bonds. The molecule has 5 heteroatoms. The number of benzene rings is 2. The van der Waals surface area contributed by atoms with E-state index in [1.54, 1.807) is 14.2 Å². The van der Waals surface area contributed by atoms with Crippen LogP contribution in [0.3, 0.4) is 0 Å². The number of hydrogen-bond donors (Lipinski definition) is 1. The number of methoxy groups -OCH3 is 2. The maximum absolute atomic E-state index is 6.07. The Bertz CT molecular complexity index is 604. The lowest BCUT2D eigenvalue weighted by molar-refractivity contribution is 0.399. The zero-order chi connectivity index (χ0) is 14.5. The van der Waals surface area contributed by atoms with E-state index in [0.717, 1.165) is 27.2 Å². The van der Waals surface area contributed by atoms with E-state index in [4.69, 9.17) is 21.1 Å². The highest BCUT2D eigenvalue weighted by atomic mass is 79.9. The van der Waals surface area contributed by atoms with Gasteiger partial charge in [0.2, 0.25) is 0 Å². The minimum absolute atomic E-state index is 0.610. The molecule has 0 unspecified atom stereocenters. The van der Waals surface area contributed by atoms with Crippen LogP contribution in [-0.2, 0) is 6.54 Å². The Kier molecular flexibility index (Phi) is 5.15. The van der Waals surface area contributed by atoms with E-state index in [1.807, 2.05) is 36.4 Å². The van der Waals surface area contributed by atoms with Crippen LogP contribution in [0.2, 0.25) is 5.02 Å². The Labute approximate surface area is 132 Å². The summed E-state index contributed by atoms with van der Waals surface area (Å²) in [5.41, 5.74) is 1.95. The van der Waals surface area contributed by atoms with Crippen LogP contribution in [0, 0.1) is 0 Å². The topological polar surface area (TPSA) is 30.5 Å². The van der Waals surface area contributed by atoms with Gasteiger partial charge < -0.3 is 14.8 Å². The molecule has 0 radical (unpaired) electrons. The number of hydrogen-bond acceptors (Lipinski definition) is 3. The van der Waals surface area contributed by atoms with Gasteiger partial charge >= 0.3 is 0 Å². The fourth-order valence-electron chi connectivity index (χ4n) is 1.85. The highest BCUT2D eigenvalue weighted by molar-refractivity contribution is 9.10. The van der Waals surface area contributed by atoms with Gasteiger partial charge in [0.15, 0.2) is 0 Å². The number of halogens is 2. The predicted octanol–water partition coefficient (Wildman–Crippen LogP) is 4.73. The standard InChI is InChI=1S/C15H15BrClNO2/c1-19-11-6-7-14(20-2)10(8-11)9-18-13-5-3-4-12(17)15(13)16/h3-8,18H,9H2,1-2H3. The van der Waals surface area contributed by atoms with Gasteiger partial charge in [-0.25, -0.2) is 0 Å². The summed E-state index contributed by atoms with van der Waals surface area (Å²) in [6.45, 7) is 0.610. The Morgan fingerprint density at radius 1 is 1.15 bits per heavy atom. The van der Waals surface area contributed by atoms with Gasteiger partial charge in [0, 0.05) is 12.1 Å². The Hall–Kier alpha value is -1.39. The van der Waals surface area contributed by atoms with Crippen molar-refractivity contribution in [1.29, 1.82) is 0 Å². The predicted molar refractivity (Wildman–Crippen MR) is 86.0 cm³/mol. The molecule has 0 bridgehead atoms. The van der Waals surface area contributed by atoms with E-state index in [-0.39, 0.29) is 0 Å². The van der Waals surface area contributed by atoms with Crippen molar-refractivity contribution in [3.8, 4) is 11.5 Å². The highest BCUT2D eigenvalue weighted by Crippen LogP contribution is 2.31. The van der Waals surface area contributed by atoms with Gasteiger partial charge in [-0.3, -0.25) is 0 Å². The van der Waals surface area contributed by atoms with Crippen LogP contribution >= 0.6 is 27.5 Å². The van der Waals surface area contributed by atoms with Crippen LogP contribution in [0.15, 0.2) is 40.9 Å². The molecule has 106 valence electrons. The van der Waals surface area contributed by atoms with E-state index in [0.29, 0.717) is 11.6 Å². The lowest BCUT2D eigenvalue weighted by Gasteiger charge is -2.13. The minimum atomic E-state index is 0.610. The average molecular weight is 357 g/mol. The third-order valence-corrected chi connectivity index (χ3v) is 4.31. The van der Waals surface area contributed by atoms with Crippen LogP contribution in [-0.4, -0.2) is 14.2 Å². The van der Waals surface area contributed by atoms with Crippen molar-refractivity contribution in [1.82, 2.24) is 0 Å². The molecule has 0 aromatic heterocycles. The highest BCUT2D eigenvalue weighted by Gasteiger charge is 2.07. The number of anilines is 1. The van der Waals surface area contributed by atoms with Crippen molar-refractivity contribution in [3.05, 3.63) is 51.5 Å². The molecule has 0 saturated heterocycles. The minimum Gasteiger partial charge on any atom is -0.497 e. The fraction of sp³-hybridized carbons (Fsp3) is 0.200. The van der Waals surface area contributed by atoms with Crippen LogP contribution in [0.5, 0.6) is 11.5 Å². The molecule has 2 rings (SSSR count). The second-order valence-electron chi connectivity index (χ2n) is 4.13. The summed E-state index contributed by atoms with van der Waals surface area (Å²) in [4.78, 5) is 0. The van der Waals surface area contributed by atoms with Crippen LogP contribution in [0.1, 0.15) is 5.56 Å². The summed E-state index contributed by atoms with van der Waals surface area (Å²) >= 11 is 9.54. The monoisotopic (exact) mass is 355 g/mol. The zero-order valence-corrected chi connectivity index (χ0v) is 13.6. The maximum Gasteiger partial charge on any atom is 0.124 e. The van der Waals surface area contributed by atoms with E-state index < -0.39 is 0 Å². The largest absolute Gasteiger partial charge is 0.497 e. The third kappa shape index (κ3) is 3.38. The van der Waals surface area contributed by atoms with Crippen molar-refractivity contribution in [3.63, 3.8) is 0 Å². The molecule has 0 aliphatic carbocycles. The maximum atomic E-state index is 6.07. The lowest BCUT2D eigenvalue weighted by Crippen LogP contribution is -2.03.